The minimum absolute atomic E-state index is 0.0495. The number of fused-ring (bicyclic) bond motifs is 3. The summed E-state index contributed by atoms with van der Waals surface area (Å²) >= 11 is 0. The molecule has 0 saturated carbocycles. The number of aliphatic hydroxyl groups is 1. The number of nitrogens with one attached hydrogen (secondary N) is 1. The number of nitrogens with zero attached hydrogens (tertiary/aromatic N) is 1. The van der Waals surface area contributed by atoms with Crippen LogP contribution in [-0.4, -0.2) is 52.7 Å². The lowest BCUT2D eigenvalue weighted by Crippen LogP contribution is -2.34. The number of aliphatic hydroxyl groups excluding tert-OH is 1. The SMILES string of the molecule is O[C@@H]1CO[C@H]2[C@@H]1OC[C@H]2Oc1cc2nc(C3Cc4ccccc4C3)c(F)cc2[nH]1. The highest BCUT2D eigenvalue weighted by Gasteiger charge is 2.48. The number of hydrogen-bond acceptors (Lipinski definition) is 5. The Bertz CT molecular complexity index is 1060. The van der Waals surface area contributed by atoms with Gasteiger partial charge in [0.15, 0.2) is 12.0 Å². The molecule has 2 fully saturated rings. The molecular formula is C22H21FN2O4. The van der Waals surface area contributed by atoms with Gasteiger partial charge in [-0.25, -0.2) is 9.37 Å². The average molecular weight is 396 g/mol. The highest BCUT2D eigenvalue weighted by molar-refractivity contribution is 5.77. The van der Waals surface area contributed by atoms with Crippen LogP contribution < -0.4 is 4.74 Å². The highest BCUT2D eigenvalue weighted by atomic mass is 19.1. The molecule has 7 heteroatoms. The zero-order valence-corrected chi connectivity index (χ0v) is 15.7. The quantitative estimate of drug-likeness (QED) is 0.711. The van der Waals surface area contributed by atoms with Crippen LogP contribution in [0.2, 0.25) is 0 Å². The third-order valence-electron chi connectivity index (χ3n) is 6.26. The van der Waals surface area contributed by atoms with Crippen molar-refractivity contribution in [1.82, 2.24) is 9.97 Å². The summed E-state index contributed by atoms with van der Waals surface area (Å²) in [6, 6.07) is 11.5. The van der Waals surface area contributed by atoms with E-state index in [0.29, 0.717) is 29.2 Å². The first-order chi connectivity index (χ1) is 14.2. The summed E-state index contributed by atoms with van der Waals surface area (Å²) in [5.41, 5.74) is 4.32. The van der Waals surface area contributed by atoms with Gasteiger partial charge in [-0.05, 0) is 24.0 Å². The van der Waals surface area contributed by atoms with Crippen LogP contribution in [0.25, 0.3) is 11.0 Å². The Hall–Kier alpha value is -2.48. The van der Waals surface area contributed by atoms with Crippen molar-refractivity contribution in [2.45, 2.75) is 43.2 Å². The maximum Gasteiger partial charge on any atom is 0.193 e. The Balaban J connectivity index is 1.26. The lowest BCUT2D eigenvalue weighted by molar-refractivity contribution is 0.00794. The second kappa shape index (κ2) is 6.52. The molecule has 3 aliphatic rings. The molecule has 2 saturated heterocycles. The van der Waals surface area contributed by atoms with E-state index in [2.05, 4.69) is 22.1 Å². The summed E-state index contributed by atoms with van der Waals surface area (Å²) < 4.78 is 32.0. The first kappa shape index (κ1) is 17.4. The second-order valence-electron chi connectivity index (χ2n) is 8.12. The Morgan fingerprint density at radius 1 is 1.07 bits per heavy atom. The summed E-state index contributed by atoms with van der Waals surface area (Å²) in [6.45, 7) is 0.594. The predicted molar refractivity (Wildman–Crippen MR) is 103 cm³/mol. The molecule has 2 aromatic heterocycles. The van der Waals surface area contributed by atoms with Crippen LogP contribution in [-0.2, 0) is 22.3 Å². The third kappa shape index (κ3) is 2.84. The molecule has 29 heavy (non-hydrogen) atoms. The van der Waals surface area contributed by atoms with Crippen LogP contribution in [0, 0.1) is 5.82 Å². The van der Waals surface area contributed by atoms with E-state index >= 15 is 0 Å². The van der Waals surface area contributed by atoms with Gasteiger partial charge in [-0.2, -0.15) is 0 Å². The minimum atomic E-state index is -0.620. The molecule has 0 amide bonds. The summed E-state index contributed by atoms with van der Waals surface area (Å²) in [7, 11) is 0. The normalized spacial score (nSPS) is 28.8. The zero-order chi connectivity index (χ0) is 19.5. The molecule has 6 rings (SSSR count). The molecular weight excluding hydrogens is 375 g/mol. The van der Waals surface area contributed by atoms with Crippen molar-refractivity contribution in [2.75, 3.05) is 13.2 Å². The maximum atomic E-state index is 14.8. The van der Waals surface area contributed by atoms with E-state index in [0.717, 1.165) is 12.8 Å². The maximum absolute atomic E-state index is 14.8. The van der Waals surface area contributed by atoms with E-state index in [1.807, 2.05) is 12.1 Å². The van der Waals surface area contributed by atoms with E-state index in [4.69, 9.17) is 14.2 Å². The lowest BCUT2D eigenvalue weighted by Gasteiger charge is -2.16. The second-order valence-corrected chi connectivity index (χ2v) is 8.12. The molecule has 150 valence electrons. The molecule has 6 nitrogen and oxygen atoms in total. The fourth-order valence-electron chi connectivity index (χ4n) is 4.83. The van der Waals surface area contributed by atoms with Gasteiger partial charge in [-0.3, -0.25) is 0 Å². The Morgan fingerprint density at radius 3 is 2.62 bits per heavy atom. The van der Waals surface area contributed by atoms with Crippen LogP contribution in [0.1, 0.15) is 22.7 Å². The van der Waals surface area contributed by atoms with Gasteiger partial charge in [0.2, 0.25) is 0 Å². The molecule has 2 N–H and O–H groups in total. The Labute approximate surface area is 166 Å². The number of halogens is 1. The number of aromatic amines is 1. The Morgan fingerprint density at radius 2 is 1.83 bits per heavy atom. The van der Waals surface area contributed by atoms with E-state index < -0.39 is 6.10 Å². The monoisotopic (exact) mass is 396 g/mol. The largest absolute Gasteiger partial charge is 0.470 e. The minimum Gasteiger partial charge on any atom is -0.470 e. The smallest absolute Gasteiger partial charge is 0.193 e. The first-order valence-electron chi connectivity index (χ1n) is 9.99. The number of pyridine rings is 1. The van der Waals surface area contributed by atoms with Gasteiger partial charge in [0.1, 0.15) is 24.1 Å². The van der Waals surface area contributed by atoms with Gasteiger partial charge in [0.25, 0.3) is 0 Å². The van der Waals surface area contributed by atoms with E-state index in [1.54, 1.807) is 6.07 Å². The lowest BCUT2D eigenvalue weighted by atomic mass is 10.0. The molecule has 4 heterocycles. The van der Waals surface area contributed by atoms with Crippen molar-refractivity contribution in [3.8, 4) is 5.88 Å². The number of aromatic nitrogens is 2. The molecule has 4 atom stereocenters. The number of hydrogen-bond donors (Lipinski definition) is 2. The van der Waals surface area contributed by atoms with Crippen LogP contribution in [0.15, 0.2) is 36.4 Å². The van der Waals surface area contributed by atoms with E-state index in [9.17, 15) is 9.50 Å². The van der Waals surface area contributed by atoms with Crippen molar-refractivity contribution in [2.24, 2.45) is 0 Å². The third-order valence-corrected chi connectivity index (χ3v) is 6.26. The number of ether oxygens (including phenoxy) is 3. The standard InChI is InChI=1S/C22H21FN2O4/c23-14-7-15-16(25-20(14)13-5-11-3-1-2-4-12(11)6-13)8-19(24-15)29-18-10-28-21-17(26)9-27-22(18)21/h1-4,7-8,13,17-18,21-22,24,26H,5-6,9-10H2/t17-,18-,21-,22-/m1/s1. The van der Waals surface area contributed by atoms with Crippen LogP contribution in [0.3, 0.4) is 0 Å². The average Bonchev–Trinajstić information content (AvgIpc) is 3.46. The molecule has 0 radical (unpaired) electrons. The first-order valence-corrected chi connectivity index (χ1v) is 9.99. The van der Waals surface area contributed by atoms with E-state index in [1.165, 1.54) is 17.2 Å². The predicted octanol–water partition coefficient (Wildman–Crippen LogP) is 2.49. The van der Waals surface area contributed by atoms with Crippen molar-refractivity contribution in [1.29, 1.82) is 0 Å². The highest BCUT2D eigenvalue weighted by Crippen LogP contribution is 2.36. The summed E-state index contributed by atoms with van der Waals surface area (Å²) in [4.78, 5) is 7.72. The van der Waals surface area contributed by atoms with Crippen molar-refractivity contribution in [3.63, 3.8) is 0 Å². The fraction of sp³-hybridized carbons (Fsp3) is 0.409. The molecule has 3 aromatic rings. The molecule has 0 unspecified atom stereocenters. The van der Waals surface area contributed by atoms with Crippen LogP contribution in [0.4, 0.5) is 4.39 Å². The van der Waals surface area contributed by atoms with Gasteiger partial charge in [0, 0.05) is 18.1 Å². The molecule has 0 spiro atoms. The number of rotatable bonds is 3. The van der Waals surface area contributed by atoms with Gasteiger partial charge in [-0.1, -0.05) is 24.3 Å². The number of H-pyrrole nitrogens is 1. The van der Waals surface area contributed by atoms with Gasteiger partial charge < -0.3 is 24.3 Å². The number of benzene rings is 1. The molecule has 2 aliphatic heterocycles. The van der Waals surface area contributed by atoms with Gasteiger partial charge >= 0.3 is 0 Å². The van der Waals surface area contributed by atoms with Crippen molar-refractivity contribution >= 4 is 11.0 Å². The molecule has 1 aliphatic carbocycles. The van der Waals surface area contributed by atoms with Crippen LogP contribution >= 0.6 is 0 Å². The topological polar surface area (TPSA) is 76.6 Å². The van der Waals surface area contributed by atoms with Crippen LogP contribution in [0.5, 0.6) is 5.88 Å². The van der Waals surface area contributed by atoms with Crippen molar-refractivity contribution in [3.05, 3.63) is 59.0 Å². The summed E-state index contributed by atoms with van der Waals surface area (Å²) in [5.74, 6) is 0.252. The molecule has 1 aromatic carbocycles. The van der Waals surface area contributed by atoms with Gasteiger partial charge in [0.05, 0.1) is 29.9 Å². The van der Waals surface area contributed by atoms with Crippen molar-refractivity contribution < 1.29 is 23.7 Å². The fourth-order valence-corrected chi connectivity index (χ4v) is 4.83. The Kier molecular flexibility index (Phi) is 3.91. The van der Waals surface area contributed by atoms with Gasteiger partial charge in [-0.15, -0.1) is 0 Å². The molecule has 0 bridgehead atoms. The summed E-state index contributed by atoms with van der Waals surface area (Å²) in [6.07, 6.45) is 0.0245. The van der Waals surface area contributed by atoms with E-state index in [-0.39, 0.29) is 36.7 Å². The summed E-state index contributed by atoms with van der Waals surface area (Å²) in [5, 5.41) is 9.86. The zero-order valence-electron chi connectivity index (χ0n) is 15.7.